The van der Waals surface area contributed by atoms with Crippen LogP contribution in [-0.2, 0) is 14.3 Å². The second-order valence-corrected chi connectivity index (χ2v) is 9.62. The lowest BCUT2D eigenvalue weighted by atomic mass is 9.98. The number of hydrogen-bond acceptors (Lipinski definition) is 7. The fourth-order valence-electron chi connectivity index (χ4n) is 4.61. The van der Waals surface area contributed by atoms with E-state index in [2.05, 4.69) is 15.6 Å². The third kappa shape index (κ3) is 7.99. The molecule has 1 atom stereocenters. The van der Waals surface area contributed by atoms with Gasteiger partial charge in [0.15, 0.2) is 0 Å². The van der Waals surface area contributed by atoms with E-state index in [1.165, 1.54) is 17.6 Å². The smallest absolute Gasteiger partial charge is 0.472 e. The van der Waals surface area contributed by atoms with E-state index < -0.39 is 36.1 Å². The highest BCUT2D eigenvalue weighted by atomic mass is 19.4. The molecule has 3 amide bonds. The SMILES string of the molecule is O=C(N[C@@H](CCCCNC(=O)c1ccc(NNC(=O)C(F)(F)F)nc1)C(=O)O)OCC1c2ccccc2-c2ccccc21. The number of alkyl carbamates (subject to hydrolysis) is 1. The van der Waals surface area contributed by atoms with Gasteiger partial charge in [-0.3, -0.25) is 20.4 Å². The van der Waals surface area contributed by atoms with Crippen molar-refractivity contribution >= 4 is 29.7 Å². The first kappa shape index (κ1) is 30.8. The molecule has 1 aliphatic carbocycles. The van der Waals surface area contributed by atoms with Crippen LogP contribution in [0.2, 0.25) is 0 Å². The summed E-state index contributed by atoms with van der Waals surface area (Å²) in [6.07, 6.45) is -3.94. The number of carboxylic acid groups (broad SMARTS) is 1. The lowest BCUT2D eigenvalue weighted by Gasteiger charge is -2.17. The van der Waals surface area contributed by atoms with Crippen LogP contribution >= 0.6 is 0 Å². The molecular formula is C29H28F3N5O6. The molecule has 0 bridgehead atoms. The van der Waals surface area contributed by atoms with Crippen LogP contribution in [0.1, 0.15) is 46.7 Å². The Morgan fingerprint density at radius 1 is 0.930 bits per heavy atom. The summed E-state index contributed by atoms with van der Waals surface area (Å²) in [6.45, 7) is 0.240. The predicted octanol–water partition coefficient (Wildman–Crippen LogP) is 3.98. The number of hydrogen-bond donors (Lipinski definition) is 5. The third-order valence-electron chi connectivity index (χ3n) is 6.73. The van der Waals surface area contributed by atoms with Crippen LogP contribution in [0.3, 0.4) is 0 Å². The fraction of sp³-hybridized carbons (Fsp3) is 0.276. The van der Waals surface area contributed by atoms with E-state index in [0.717, 1.165) is 28.5 Å². The number of anilines is 1. The molecule has 2 aromatic carbocycles. The Hall–Kier alpha value is -5.14. The molecule has 0 saturated heterocycles. The molecular weight excluding hydrogens is 571 g/mol. The number of ether oxygens (including phenoxy) is 1. The molecule has 11 nitrogen and oxygen atoms in total. The van der Waals surface area contributed by atoms with Crippen molar-refractivity contribution < 1.29 is 42.2 Å². The summed E-state index contributed by atoms with van der Waals surface area (Å²) in [6, 6.07) is 17.0. The van der Waals surface area contributed by atoms with Crippen LogP contribution < -0.4 is 21.5 Å². The predicted molar refractivity (Wildman–Crippen MR) is 148 cm³/mol. The summed E-state index contributed by atoms with van der Waals surface area (Å²) in [5, 5.41) is 14.6. The van der Waals surface area contributed by atoms with Gasteiger partial charge in [0.05, 0.1) is 5.56 Å². The highest BCUT2D eigenvalue weighted by Crippen LogP contribution is 2.44. The number of halogens is 3. The number of nitrogens with one attached hydrogen (secondary N) is 4. The maximum absolute atomic E-state index is 12.5. The number of rotatable bonds is 12. The van der Waals surface area contributed by atoms with Crippen LogP contribution in [0.25, 0.3) is 11.1 Å². The second-order valence-electron chi connectivity index (χ2n) is 9.62. The Bertz CT molecular complexity index is 1440. The van der Waals surface area contributed by atoms with Crippen LogP contribution in [0.5, 0.6) is 0 Å². The maximum Gasteiger partial charge on any atom is 0.472 e. The van der Waals surface area contributed by atoms with Crippen LogP contribution in [-0.4, -0.2) is 59.3 Å². The lowest BCUT2D eigenvalue weighted by molar-refractivity contribution is -0.173. The summed E-state index contributed by atoms with van der Waals surface area (Å²) in [5.41, 5.74) is 7.76. The van der Waals surface area contributed by atoms with Crippen molar-refractivity contribution in [3.8, 4) is 11.1 Å². The van der Waals surface area contributed by atoms with Crippen molar-refractivity contribution in [3.63, 3.8) is 0 Å². The summed E-state index contributed by atoms with van der Waals surface area (Å²) in [5.74, 6) is -4.20. The van der Waals surface area contributed by atoms with Crippen molar-refractivity contribution in [1.29, 1.82) is 0 Å². The van der Waals surface area contributed by atoms with Gasteiger partial charge >= 0.3 is 24.1 Å². The second kappa shape index (κ2) is 13.7. The van der Waals surface area contributed by atoms with Crippen LogP contribution in [0, 0.1) is 0 Å². The molecule has 3 aromatic rings. The fourth-order valence-corrected chi connectivity index (χ4v) is 4.61. The van der Waals surface area contributed by atoms with E-state index in [4.69, 9.17) is 4.74 Å². The minimum atomic E-state index is -5.06. The molecule has 0 saturated carbocycles. The van der Waals surface area contributed by atoms with Gasteiger partial charge in [0, 0.05) is 18.7 Å². The van der Waals surface area contributed by atoms with Gasteiger partial charge in [-0.2, -0.15) is 13.2 Å². The Balaban J connectivity index is 1.17. The maximum atomic E-state index is 12.5. The normalized spacial score (nSPS) is 12.8. The van der Waals surface area contributed by atoms with Gasteiger partial charge in [-0.05, 0) is 53.6 Å². The van der Waals surface area contributed by atoms with E-state index in [1.807, 2.05) is 54.0 Å². The first-order chi connectivity index (χ1) is 20.5. The van der Waals surface area contributed by atoms with Gasteiger partial charge in [0.2, 0.25) is 0 Å². The molecule has 0 radical (unpaired) electrons. The van der Waals surface area contributed by atoms with E-state index in [0.29, 0.717) is 12.8 Å². The molecule has 0 fully saturated rings. The van der Waals surface area contributed by atoms with Gasteiger partial charge in [-0.25, -0.2) is 14.6 Å². The zero-order valence-electron chi connectivity index (χ0n) is 22.6. The number of carbonyl (C=O) groups excluding carboxylic acids is 3. The van der Waals surface area contributed by atoms with Crippen molar-refractivity contribution in [2.75, 3.05) is 18.6 Å². The number of alkyl halides is 3. The molecule has 43 heavy (non-hydrogen) atoms. The molecule has 5 N–H and O–H groups in total. The quantitative estimate of drug-likeness (QED) is 0.155. The summed E-state index contributed by atoms with van der Waals surface area (Å²) < 4.78 is 42.1. The molecule has 14 heteroatoms. The lowest BCUT2D eigenvalue weighted by Crippen LogP contribution is -2.41. The largest absolute Gasteiger partial charge is 0.480 e. The van der Waals surface area contributed by atoms with Gasteiger partial charge in [0.1, 0.15) is 18.5 Å². The number of fused-ring (bicyclic) bond motifs is 3. The van der Waals surface area contributed by atoms with Crippen LogP contribution in [0.4, 0.5) is 23.8 Å². The number of benzene rings is 2. The number of aromatic nitrogens is 1. The third-order valence-corrected chi connectivity index (χ3v) is 6.73. The van der Waals surface area contributed by atoms with Crippen molar-refractivity contribution in [2.24, 2.45) is 0 Å². The number of pyridine rings is 1. The van der Waals surface area contributed by atoms with E-state index >= 15 is 0 Å². The van der Waals surface area contributed by atoms with Crippen molar-refractivity contribution in [2.45, 2.75) is 37.4 Å². The number of carboxylic acids is 1. The van der Waals surface area contributed by atoms with Crippen molar-refractivity contribution in [3.05, 3.63) is 83.6 Å². The summed E-state index contributed by atoms with van der Waals surface area (Å²) >= 11 is 0. The number of unbranched alkanes of at least 4 members (excludes halogenated alkanes) is 1. The van der Waals surface area contributed by atoms with E-state index in [9.17, 15) is 37.5 Å². The van der Waals surface area contributed by atoms with Crippen molar-refractivity contribution in [1.82, 2.24) is 21.0 Å². The monoisotopic (exact) mass is 599 g/mol. The number of amides is 3. The summed E-state index contributed by atoms with van der Waals surface area (Å²) in [7, 11) is 0. The first-order valence-electron chi connectivity index (χ1n) is 13.3. The Morgan fingerprint density at radius 3 is 2.16 bits per heavy atom. The molecule has 1 heterocycles. The minimum Gasteiger partial charge on any atom is -0.480 e. The highest BCUT2D eigenvalue weighted by Gasteiger charge is 2.38. The average molecular weight is 600 g/mol. The Labute approximate surface area is 243 Å². The van der Waals surface area contributed by atoms with Gasteiger partial charge < -0.3 is 20.5 Å². The average Bonchev–Trinajstić information content (AvgIpc) is 3.31. The minimum absolute atomic E-state index is 0.0479. The molecule has 4 rings (SSSR count). The molecule has 0 aliphatic heterocycles. The van der Waals surface area contributed by atoms with E-state index in [-0.39, 0.29) is 36.9 Å². The molecule has 226 valence electrons. The van der Waals surface area contributed by atoms with E-state index in [1.54, 1.807) is 0 Å². The number of carbonyl (C=O) groups is 4. The van der Waals surface area contributed by atoms with Gasteiger partial charge in [-0.1, -0.05) is 48.5 Å². The zero-order chi connectivity index (χ0) is 31.0. The number of hydrazine groups is 1. The number of nitrogens with zero attached hydrogens (tertiary/aromatic N) is 1. The Kier molecular flexibility index (Phi) is 9.80. The standard InChI is InChI=1S/C29H28F3N5O6/c30-29(31,32)27(41)37-36-24-13-12-17(15-34-24)25(38)33-14-6-5-11-23(26(39)40)35-28(42)43-16-22-20-9-3-1-7-18(20)19-8-2-4-10-21(19)22/h1-4,7-10,12-13,15,22-23H,5-6,11,14,16H2,(H,33,38)(H,34,36)(H,35,42)(H,37,41)(H,39,40)/t23-/m0/s1. The molecule has 1 aliphatic rings. The zero-order valence-corrected chi connectivity index (χ0v) is 22.6. The first-order valence-corrected chi connectivity index (χ1v) is 13.3. The Morgan fingerprint density at radius 2 is 1.58 bits per heavy atom. The highest BCUT2D eigenvalue weighted by molar-refractivity contribution is 5.94. The van der Waals surface area contributed by atoms with Gasteiger partial charge in [0.25, 0.3) is 5.91 Å². The number of aliphatic carboxylic acids is 1. The summed E-state index contributed by atoms with van der Waals surface area (Å²) in [4.78, 5) is 51.1. The van der Waals surface area contributed by atoms with Gasteiger partial charge in [-0.15, -0.1) is 0 Å². The topological polar surface area (TPSA) is 159 Å². The molecule has 1 aromatic heterocycles. The molecule has 0 spiro atoms. The molecule has 0 unspecified atom stereocenters. The van der Waals surface area contributed by atoms with Crippen LogP contribution in [0.15, 0.2) is 66.9 Å².